The van der Waals surface area contributed by atoms with Crippen LogP contribution in [0.15, 0.2) is 53.1 Å². The first kappa shape index (κ1) is 21.2. The Morgan fingerprint density at radius 1 is 0.968 bits per heavy atom. The monoisotopic (exact) mass is 499 g/mol. The van der Waals surface area contributed by atoms with Crippen LogP contribution in [0.2, 0.25) is 0 Å². The average Bonchev–Trinajstić information content (AvgIpc) is 3.27. The third-order valence-electron chi connectivity index (χ3n) is 4.82. The number of fused-ring (bicyclic) bond motifs is 1. The van der Waals surface area contributed by atoms with Gasteiger partial charge in [-0.15, -0.1) is 0 Å². The van der Waals surface area contributed by atoms with Crippen LogP contribution in [0.3, 0.4) is 0 Å². The third-order valence-corrected chi connectivity index (χ3v) is 5.48. The van der Waals surface area contributed by atoms with E-state index in [4.69, 9.17) is 0 Å². The Kier molecular flexibility index (Phi) is 4.76. The molecule has 0 spiro atoms. The van der Waals surface area contributed by atoms with Crippen LogP contribution in [0, 0.1) is 6.92 Å². The van der Waals surface area contributed by atoms with E-state index in [0.717, 1.165) is 15.8 Å². The highest BCUT2D eigenvalue weighted by atomic mass is 79.9. The number of halogens is 6. The molecule has 4 rings (SSSR count). The van der Waals surface area contributed by atoms with E-state index in [2.05, 4.69) is 21.0 Å². The minimum atomic E-state index is -5.77. The summed E-state index contributed by atoms with van der Waals surface area (Å²) < 4.78 is 66.0. The van der Waals surface area contributed by atoms with Gasteiger partial charge in [0.1, 0.15) is 5.69 Å². The van der Waals surface area contributed by atoms with E-state index >= 15 is 0 Å². The zero-order valence-corrected chi connectivity index (χ0v) is 17.1. The molecular weight excluding hydrogens is 489 g/mol. The second-order valence-electron chi connectivity index (χ2n) is 6.80. The van der Waals surface area contributed by atoms with Crippen LogP contribution in [0.5, 0.6) is 0 Å². The van der Waals surface area contributed by atoms with Gasteiger partial charge >= 0.3 is 12.1 Å². The molecule has 1 aromatic heterocycles. The maximum absolute atomic E-state index is 13.5. The molecule has 31 heavy (non-hydrogen) atoms. The molecule has 0 saturated carbocycles. The summed E-state index contributed by atoms with van der Waals surface area (Å²) >= 11 is 3.26. The van der Waals surface area contributed by atoms with Crippen molar-refractivity contribution >= 4 is 33.4 Å². The fourth-order valence-corrected chi connectivity index (χ4v) is 3.81. The van der Waals surface area contributed by atoms with Crippen LogP contribution < -0.4 is 4.90 Å². The SMILES string of the molecule is Cc1cc(-n2ccc(C(F)(F)C(F)(F)F)n2)ccc1N1C(=O)c2cccc(Br)c2C1=O. The highest BCUT2D eigenvalue weighted by Gasteiger charge is 2.60. The van der Waals surface area contributed by atoms with Crippen molar-refractivity contribution in [2.24, 2.45) is 0 Å². The number of benzene rings is 2. The van der Waals surface area contributed by atoms with Gasteiger partial charge in [-0.25, -0.2) is 9.58 Å². The number of aryl methyl sites for hydroxylation is 1. The van der Waals surface area contributed by atoms with Gasteiger partial charge in [0.15, 0.2) is 0 Å². The van der Waals surface area contributed by atoms with E-state index < -0.39 is 29.6 Å². The molecule has 0 N–H and O–H groups in total. The molecule has 1 aliphatic heterocycles. The van der Waals surface area contributed by atoms with Crippen molar-refractivity contribution in [1.82, 2.24) is 9.78 Å². The normalized spacial score (nSPS) is 14.4. The molecule has 3 aromatic rings. The van der Waals surface area contributed by atoms with Gasteiger partial charge < -0.3 is 0 Å². The summed E-state index contributed by atoms with van der Waals surface area (Å²) in [6, 6.07) is 9.56. The van der Waals surface area contributed by atoms with Gasteiger partial charge in [-0.2, -0.15) is 27.1 Å². The van der Waals surface area contributed by atoms with Crippen LogP contribution in [-0.2, 0) is 5.92 Å². The van der Waals surface area contributed by atoms with Crippen molar-refractivity contribution in [2.75, 3.05) is 4.90 Å². The van der Waals surface area contributed by atoms with Crippen LogP contribution >= 0.6 is 15.9 Å². The molecule has 0 bridgehead atoms. The Labute approximate surface area is 180 Å². The van der Waals surface area contributed by atoms with Gasteiger partial charge in [0.2, 0.25) is 0 Å². The Morgan fingerprint density at radius 3 is 2.29 bits per heavy atom. The molecule has 11 heteroatoms. The van der Waals surface area contributed by atoms with Crippen LogP contribution in [-0.4, -0.2) is 27.8 Å². The number of amides is 2. The minimum absolute atomic E-state index is 0.184. The van der Waals surface area contributed by atoms with Crippen LogP contribution in [0.1, 0.15) is 32.0 Å². The number of rotatable bonds is 3. The zero-order valence-electron chi connectivity index (χ0n) is 15.5. The first-order valence-corrected chi connectivity index (χ1v) is 9.52. The Hall–Kier alpha value is -3.08. The standard InChI is InChI=1S/C20H11BrF5N3O2/c1-10-9-11(28-8-7-15(27-28)19(22,23)20(24,25)26)5-6-14(10)29-17(30)12-3-2-4-13(21)16(12)18(29)31/h2-9H,1H3. The van der Waals surface area contributed by atoms with Crippen LogP contribution in [0.4, 0.5) is 27.6 Å². The van der Waals surface area contributed by atoms with Crippen molar-refractivity contribution in [1.29, 1.82) is 0 Å². The molecule has 0 unspecified atom stereocenters. The Morgan fingerprint density at radius 2 is 1.68 bits per heavy atom. The largest absolute Gasteiger partial charge is 0.459 e. The first-order chi connectivity index (χ1) is 14.4. The van der Waals surface area contributed by atoms with E-state index in [1.165, 1.54) is 24.3 Å². The number of alkyl halides is 5. The number of carbonyl (C=O) groups is 2. The van der Waals surface area contributed by atoms with Crippen LogP contribution in [0.25, 0.3) is 5.69 Å². The number of anilines is 1. The highest BCUT2D eigenvalue weighted by Crippen LogP contribution is 2.43. The molecule has 2 amide bonds. The number of hydrogen-bond acceptors (Lipinski definition) is 3. The lowest BCUT2D eigenvalue weighted by Crippen LogP contribution is -2.34. The van der Waals surface area contributed by atoms with Crippen molar-refractivity contribution in [2.45, 2.75) is 19.0 Å². The average molecular weight is 500 g/mol. The highest BCUT2D eigenvalue weighted by molar-refractivity contribution is 9.10. The molecule has 1 aliphatic rings. The lowest BCUT2D eigenvalue weighted by molar-refractivity contribution is -0.291. The van der Waals surface area contributed by atoms with Crippen molar-refractivity contribution in [3.8, 4) is 5.69 Å². The molecule has 0 radical (unpaired) electrons. The molecule has 0 saturated heterocycles. The van der Waals surface area contributed by atoms with Gasteiger partial charge in [0.05, 0.1) is 22.5 Å². The maximum atomic E-state index is 13.5. The molecule has 2 heterocycles. The van der Waals surface area contributed by atoms with E-state index in [1.54, 1.807) is 19.1 Å². The Bertz CT molecular complexity index is 1240. The van der Waals surface area contributed by atoms with Gasteiger partial charge in [-0.3, -0.25) is 9.59 Å². The first-order valence-electron chi connectivity index (χ1n) is 8.72. The van der Waals surface area contributed by atoms with E-state index in [1.807, 2.05) is 0 Å². The second-order valence-corrected chi connectivity index (χ2v) is 7.65. The minimum Gasteiger partial charge on any atom is -0.268 e. The fourth-order valence-electron chi connectivity index (χ4n) is 3.28. The molecule has 5 nitrogen and oxygen atoms in total. The third kappa shape index (κ3) is 3.23. The maximum Gasteiger partial charge on any atom is 0.459 e. The molecule has 0 fully saturated rings. The van der Waals surface area contributed by atoms with Gasteiger partial charge in [0, 0.05) is 10.7 Å². The predicted molar refractivity (Wildman–Crippen MR) is 104 cm³/mol. The summed E-state index contributed by atoms with van der Waals surface area (Å²) in [7, 11) is 0. The lowest BCUT2D eigenvalue weighted by atomic mass is 10.1. The number of hydrogen-bond donors (Lipinski definition) is 0. The van der Waals surface area contributed by atoms with E-state index in [-0.39, 0.29) is 22.5 Å². The van der Waals surface area contributed by atoms with Gasteiger partial charge in [0.25, 0.3) is 11.8 Å². The van der Waals surface area contributed by atoms with Crippen molar-refractivity contribution in [3.63, 3.8) is 0 Å². The smallest absolute Gasteiger partial charge is 0.268 e. The molecule has 160 valence electrons. The van der Waals surface area contributed by atoms with E-state index in [0.29, 0.717) is 16.1 Å². The van der Waals surface area contributed by atoms with Gasteiger partial charge in [-0.05, 0) is 64.8 Å². The lowest BCUT2D eigenvalue weighted by Gasteiger charge is -2.18. The second kappa shape index (κ2) is 6.98. The zero-order chi connectivity index (χ0) is 22.7. The summed E-state index contributed by atoms with van der Waals surface area (Å²) in [6.07, 6.45) is -4.80. The molecule has 0 atom stereocenters. The quantitative estimate of drug-likeness (QED) is 0.358. The van der Waals surface area contributed by atoms with Gasteiger partial charge in [-0.1, -0.05) is 6.07 Å². The fraction of sp³-hybridized carbons (Fsp3) is 0.150. The molecule has 0 aliphatic carbocycles. The number of nitrogens with zero attached hydrogens (tertiary/aromatic N) is 3. The molecule has 2 aromatic carbocycles. The summed E-state index contributed by atoms with van der Waals surface area (Å²) in [5, 5.41) is 3.35. The van der Waals surface area contributed by atoms with Crippen molar-refractivity contribution < 1.29 is 31.5 Å². The summed E-state index contributed by atoms with van der Waals surface area (Å²) in [6.45, 7) is 1.58. The number of aromatic nitrogens is 2. The van der Waals surface area contributed by atoms with E-state index in [9.17, 15) is 31.5 Å². The number of carbonyl (C=O) groups excluding carboxylic acids is 2. The summed E-state index contributed by atoms with van der Waals surface area (Å²) in [4.78, 5) is 26.5. The Balaban J connectivity index is 1.69. The summed E-state index contributed by atoms with van der Waals surface area (Å²) in [5.74, 6) is -6.15. The van der Waals surface area contributed by atoms with Crippen molar-refractivity contribution in [3.05, 3.63) is 75.5 Å². The molecular formula is C20H11BrF5N3O2. The predicted octanol–water partition coefficient (Wildman–Crippen LogP) is 5.40. The number of imide groups is 1. The summed E-state index contributed by atoms with van der Waals surface area (Å²) in [5.41, 5.74) is -0.121. The topological polar surface area (TPSA) is 55.2 Å².